The molecular formula is C10H8BrFN2S. The average Bonchev–Trinajstić information content (AvgIpc) is 2.70. The molecule has 1 heterocycles. The summed E-state index contributed by atoms with van der Waals surface area (Å²) in [6.45, 7) is 0. The molecule has 0 spiro atoms. The van der Waals surface area contributed by atoms with Gasteiger partial charge in [-0.05, 0) is 18.2 Å². The van der Waals surface area contributed by atoms with Crippen molar-refractivity contribution in [3.8, 4) is 10.4 Å². The average molecular weight is 287 g/mol. The highest BCUT2D eigenvalue weighted by atomic mass is 79.9. The standard InChI is InChI=1S/C10H8BrFN2S/c1-13-10-14-5-9(15-10)7-4-6(12)2-3-8(7)11/h2-5H,1H3,(H,13,14). The molecule has 2 rings (SSSR count). The van der Waals surface area contributed by atoms with Crippen LogP contribution in [0, 0.1) is 5.82 Å². The number of halogens is 2. The summed E-state index contributed by atoms with van der Waals surface area (Å²) in [4.78, 5) is 5.08. The Labute approximate surface area is 99.3 Å². The summed E-state index contributed by atoms with van der Waals surface area (Å²) in [5, 5.41) is 3.77. The minimum Gasteiger partial charge on any atom is -0.365 e. The Morgan fingerprint density at radius 2 is 2.27 bits per heavy atom. The summed E-state index contributed by atoms with van der Waals surface area (Å²) in [6.07, 6.45) is 1.73. The van der Waals surface area contributed by atoms with Crippen molar-refractivity contribution < 1.29 is 4.39 Å². The number of nitrogens with one attached hydrogen (secondary N) is 1. The quantitative estimate of drug-likeness (QED) is 0.909. The molecule has 5 heteroatoms. The summed E-state index contributed by atoms with van der Waals surface area (Å²) in [5.41, 5.74) is 0.828. The Bertz CT molecular complexity index is 484. The van der Waals surface area contributed by atoms with E-state index in [1.165, 1.54) is 23.5 Å². The highest BCUT2D eigenvalue weighted by Crippen LogP contribution is 2.34. The summed E-state index contributed by atoms with van der Waals surface area (Å²) in [5.74, 6) is -0.243. The SMILES string of the molecule is CNc1ncc(-c2cc(F)ccc2Br)s1. The number of nitrogens with zero attached hydrogens (tertiary/aromatic N) is 1. The summed E-state index contributed by atoms with van der Waals surface area (Å²) in [7, 11) is 1.81. The van der Waals surface area contributed by atoms with Crippen LogP contribution in [0.5, 0.6) is 0 Å². The molecule has 15 heavy (non-hydrogen) atoms. The third kappa shape index (κ3) is 2.18. The van der Waals surface area contributed by atoms with Crippen LogP contribution in [0.25, 0.3) is 10.4 Å². The second-order valence-electron chi connectivity index (χ2n) is 2.90. The van der Waals surface area contributed by atoms with Crippen LogP contribution in [0.3, 0.4) is 0 Å². The summed E-state index contributed by atoms with van der Waals surface area (Å²) >= 11 is 4.88. The molecule has 0 bridgehead atoms. The van der Waals surface area contributed by atoms with Crippen LogP contribution in [0.4, 0.5) is 9.52 Å². The van der Waals surface area contributed by atoms with Crippen molar-refractivity contribution in [1.29, 1.82) is 0 Å². The largest absolute Gasteiger partial charge is 0.365 e. The first kappa shape index (κ1) is 10.6. The van der Waals surface area contributed by atoms with Gasteiger partial charge in [0, 0.05) is 23.3 Å². The minimum atomic E-state index is -0.243. The number of anilines is 1. The molecule has 1 aromatic carbocycles. The Kier molecular flexibility index (Phi) is 3.02. The first-order valence-corrected chi connectivity index (χ1v) is 5.90. The van der Waals surface area contributed by atoms with E-state index < -0.39 is 0 Å². The predicted molar refractivity (Wildman–Crippen MR) is 64.8 cm³/mol. The second kappa shape index (κ2) is 4.28. The molecule has 0 atom stereocenters. The molecule has 0 unspecified atom stereocenters. The van der Waals surface area contributed by atoms with Crippen molar-refractivity contribution in [2.75, 3.05) is 12.4 Å². The fourth-order valence-electron chi connectivity index (χ4n) is 1.20. The summed E-state index contributed by atoms with van der Waals surface area (Å²) in [6, 6.07) is 4.62. The van der Waals surface area contributed by atoms with E-state index >= 15 is 0 Å². The van der Waals surface area contributed by atoms with Crippen LogP contribution >= 0.6 is 27.3 Å². The van der Waals surface area contributed by atoms with Crippen LogP contribution in [0.1, 0.15) is 0 Å². The van der Waals surface area contributed by atoms with Crippen molar-refractivity contribution in [1.82, 2.24) is 4.98 Å². The van der Waals surface area contributed by atoms with Crippen molar-refractivity contribution in [2.45, 2.75) is 0 Å². The normalized spacial score (nSPS) is 10.3. The van der Waals surface area contributed by atoms with Crippen molar-refractivity contribution in [2.24, 2.45) is 0 Å². The van der Waals surface area contributed by atoms with Crippen LogP contribution < -0.4 is 5.32 Å². The topological polar surface area (TPSA) is 24.9 Å². The fourth-order valence-corrected chi connectivity index (χ4v) is 2.59. The lowest BCUT2D eigenvalue weighted by Crippen LogP contribution is -1.83. The lowest BCUT2D eigenvalue weighted by atomic mass is 10.2. The molecule has 0 aliphatic rings. The van der Waals surface area contributed by atoms with Crippen LogP contribution in [-0.2, 0) is 0 Å². The molecule has 0 saturated heterocycles. The predicted octanol–water partition coefficient (Wildman–Crippen LogP) is 3.75. The lowest BCUT2D eigenvalue weighted by molar-refractivity contribution is 0.628. The van der Waals surface area contributed by atoms with E-state index in [0.29, 0.717) is 0 Å². The van der Waals surface area contributed by atoms with Gasteiger partial charge >= 0.3 is 0 Å². The monoisotopic (exact) mass is 286 g/mol. The maximum atomic E-state index is 13.1. The molecule has 0 saturated carbocycles. The number of hydrogen-bond acceptors (Lipinski definition) is 3. The number of hydrogen-bond donors (Lipinski definition) is 1. The van der Waals surface area contributed by atoms with Crippen molar-refractivity contribution in [3.63, 3.8) is 0 Å². The van der Waals surface area contributed by atoms with E-state index in [-0.39, 0.29) is 5.82 Å². The van der Waals surface area contributed by atoms with Gasteiger partial charge in [0.05, 0.1) is 4.88 Å². The molecule has 0 aliphatic heterocycles. The second-order valence-corrected chi connectivity index (χ2v) is 4.79. The maximum Gasteiger partial charge on any atom is 0.182 e. The number of thiazole rings is 1. The molecule has 0 fully saturated rings. The molecule has 2 aromatic rings. The Morgan fingerprint density at radius 1 is 1.47 bits per heavy atom. The van der Waals surface area contributed by atoms with Gasteiger partial charge in [-0.1, -0.05) is 27.3 Å². The molecule has 0 aliphatic carbocycles. The Balaban J connectivity index is 2.48. The zero-order valence-corrected chi connectivity index (χ0v) is 10.3. The highest BCUT2D eigenvalue weighted by Gasteiger charge is 2.08. The van der Waals surface area contributed by atoms with Gasteiger partial charge in [-0.25, -0.2) is 9.37 Å². The van der Waals surface area contributed by atoms with Crippen LogP contribution in [0.15, 0.2) is 28.9 Å². The third-order valence-electron chi connectivity index (χ3n) is 1.91. The van der Waals surface area contributed by atoms with E-state index in [9.17, 15) is 4.39 Å². The molecule has 1 N–H and O–H groups in total. The van der Waals surface area contributed by atoms with Gasteiger partial charge in [-0.3, -0.25) is 0 Å². The molecule has 2 nitrogen and oxygen atoms in total. The molecule has 0 amide bonds. The van der Waals surface area contributed by atoms with Gasteiger partial charge in [0.15, 0.2) is 5.13 Å². The van der Waals surface area contributed by atoms with E-state index in [4.69, 9.17) is 0 Å². The van der Waals surface area contributed by atoms with Gasteiger partial charge in [0.1, 0.15) is 5.82 Å². The molecule has 78 valence electrons. The van der Waals surface area contributed by atoms with Gasteiger partial charge in [-0.2, -0.15) is 0 Å². The lowest BCUT2D eigenvalue weighted by Gasteiger charge is -2.00. The van der Waals surface area contributed by atoms with E-state index in [1.807, 2.05) is 7.05 Å². The number of benzene rings is 1. The highest BCUT2D eigenvalue weighted by molar-refractivity contribution is 9.10. The summed E-state index contributed by atoms with van der Waals surface area (Å²) < 4.78 is 13.9. The van der Waals surface area contributed by atoms with E-state index in [0.717, 1.165) is 20.0 Å². The zero-order valence-electron chi connectivity index (χ0n) is 7.92. The van der Waals surface area contributed by atoms with Crippen LogP contribution in [-0.4, -0.2) is 12.0 Å². The molecular weight excluding hydrogens is 279 g/mol. The van der Waals surface area contributed by atoms with Crippen LogP contribution in [0.2, 0.25) is 0 Å². The van der Waals surface area contributed by atoms with Gasteiger partial charge in [0.25, 0.3) is 0 Å². The first-order valence-electron chi connectivity index (χ1n) is 4.29. The molecule has 0 radical (unpaired) electrons. The van der Waals surface area contributed by atoms with Crippen molar-refractivity contribution >= 4 is 32.4 Å². The van der Waals surface area contributed by atoms with Gasteiger partial charge in [0.2, 0.25) is 0 Å². The van der Waals surface area contributed by atoms with Gasteiger partial charge < -0.3 is 5.32 Å². The minimum absolute atomic E-state index is 0.243. The first-order chi connectivity index (χ1) is 7.20. The fraction of sp³-hybridized carbons (Fsp3) is 0.100. The van der Waals surface area contributed by atoms with Gasteiger partial charge in [-0.15, -0.1) is 0 Å². The Hall–Kier alpha value is -0.940. The maximum absolute atomic E-state index is 13.1. The zero-order chi connectivity index (χ0) is 10.8. The number of rotatable bonds is 2. The van der Waals surface area contributed by atoms with E-state index in [1.54, 1.807) is 12.3 Å². The number of aromatic nitrogens is 1. The van der Waals surface area contributed by atoms with E-state index in [2.05, 4.69) is 26.2 Å². The van der Waals surface area contributed by atoms with Crippen molar-refractivity contribution in [3.05, 3.63) is 34.7 Å². The smallest absolute Gasteiger partial charge is 0.182 e. The molecule has 1 aromatic heterocycles. The third-order valence-corrected chi connectivity index (χ3v) is 3.65. The Morgan fingerprint density at radius 3 is 2.93 bits per heavy atom.